The highest BCUT2D eigenvalue weighted by atomic mass is 127. The molecule has 0 saturated carbocycles. The van der Waals surface area contributed by atoms with Crippen molar-refractivity contribution in [1.29, 1.82) is 0 Å². The molecule has 72 valence electrons. The number of hydrogen-bond donors (Lipinski definition) is 2. The predicted molar refractivity (Wildman–Crippen MR) is 56.5 cm³/mol. The quantitative estimate of drug-likeness (QED) is 0.448. The maximum atomic E-state index is 10.5. The Morgan fingerprint density at radius 1 is 1.58 bits per heavy atom. The van der Waals surface area contributed by atoms with E-state index in [0.29, 0.717) is 13.2 Å². The third-order valence-corrected chi connectivity index (χ3v) is 1.42. The molecule has 0 aromatic heterocycles. The van der Waals surface area contributed by atoms with Crippen LogP contribution in [0.2, 0.25) is 0 Å². The van der Waals surface area contributed by atoms with E-state index < -0.39 is 0 Å². The molecule has 5 heteroatoms. The molecule has 0 aliphatic carbocycles. The van der Waals surface area contributed by atoms with Gasteiger partial charge >= 0.3 is 0 Å². The van der Waals surface area contributed by atoms with E-state index in [1.807, 2.05) is 13.8 Å². The molecule has 0 spiro atoms. The maximum absolute atomic E-state index is 10.5. The fourth-order valence-corrected chi connectivity index (χ4v) is 1.20. The topological polar surface area (TPSA) is 64.3 Å². The van der Waals surface area contributed by atoms with Crippen molar-refractivity contribution in [3.8, 4) is 0 Å². The minimum atomic E-state index is -0.0653. The number of hydrogen-bond acceptors (Lipinski definition) is 3. The van der Waals surface area contributed by atoms with Crippen LogP contribution in [-0.4, -0.2) is 29.2 Å². The molecule has 12 heavy (non-hydrogen) atoms. The summed E-state index contributed by atoms with van der Waals surface area (Å²) < 4.78 is 5.15. The summed E-state index contributed by atoms with van der Waals surface area (Å²) in [7, 11) is 0. The van der Waals surface area contributed by atoms with Gasteiger partial charge in [-0.05, 0) is 13.8 Å². The minimum absolute atomic E-state index is 0.0486. The number of nitrogens with two attached hydrogens (primary N) is 1. The van der Waals surface area contributed by atoms with E-state index in [2.05, 4.69) is 5.32 Å². The van der Waals surface area contributed by atoms with Crippen molar-refractivity contribution in [2.75, 3.05) is 13.2 Å². The van der Waals surface area contributed by atoms with Crippen LogP contribution in [0.15, 0.2) is 0 Å². The van der Waals surface area contributed by atoms with Crippen LogP contribution in [0.5, 0.6) is 0 Å². The molecule has 4 nitrogen and oxygen atoms in total. The zero-order chi connectivity index (χ0) is 9.56. The van der Waals surface area contributed by atoms with E-state index in [4.69, 9.17) is 10.5 Å². The average molecular weight is 286 g/mol. The van der Waals surface area contributed by atoms with Crippen LogP contribution in [0.25, 0.3) is 0 Å². The average Bonchev–Trinajstić information content (AvgIpc) is 1.84. The van der Waals surface area contributed by atoms with E-state index in [0.717, 1.165) is 0 Å². The summed E-state index contributed by atoms with van der Waals surface area (Å²) in [5.41, 5.74) is 5.47. The van der Waals surface area contributed by atoms with Gasteiger partial charge in [-0.2, -0.15) is 0 Å². The molecule has 0 fully saturated rings. The molecule has 3 N–H and O–H groups in total. The van der Waals surface area contributed by atoms with E-state index in [-0.39, 0.29) is 16.0 Å². The van der Waals surface area contributed by atoms with E-state index >= 15 is 0 Å². The molecule has 2 unspecified atom stereocenters. The second-order valence-corrected chi connectivity index (χ2v) is 3.81. The SMILES string of the molecule is CC(N)COCC(C)NC(=O)I. The molecule has 0 saturated heterocycles. The first-order valence-electron chi connectivity index (χ1n) is 3.81. The van der Waals surface area contributed by atoms with Crippen LogP contribution in [0, 0.1) is 0 Å². The van der Waals surface area contributed by atoms with Gasteiger partial charge in [0, 0.05) is 28.6 Å². The summed E-state index contributed by atoms with van der Waals surface area (Å²) in [6.07, 6.45) is 0. The van der Waals surface area contributed by atoms with Gasteiger partial charge in [0.05, 0.1) is 19.3 Å². The zero-order valence-corrected chi connectivity index (χ0v) is 9.50. The van der Waals surface area contributed by atoms with Crippen LogP contribution >= 0.6 is 22.6 Å². The number of carbonyl (C=O) groups excluding carboxylic acids is 1. The van der Waals surface area contributed by atoms with E-state index in [9.17, 15) is 4.79 Å². The Morgan fingerprint density at radius 3 is 2.58 bits per heavy atom. The first kappa shape index (κ1) is 12.1. The first-order chi connectivity index (χ1) is 5.52. The van der Waals surface area contributed by atoms with Crippen molar-refractivity contribution in [1.82, 2.24) is 5.32 Å². The summed E-state index contributed by atoms with van der Waals surface area (Å²) in [5, 5.41) is 2.70. The van der Waals surface area contributed by atoms with Crippen LogP contribution in [0.4, 0.5) is 4.79 Å². The number of amides is 1. The van der Waals surface area contributed by atoms with E-state index in [1.165, 1.54) is 0 Å². The normalized spacial score (nSPS) is 15.3. The van der Waals surface area contributed by atoms with Crippen molar-refractivity contribution >= 4 is 26.5 Å². The Kier molecular flexibility index (Phi) is 6.68. The minimum Gasteiger partial charge on any atom is -0.378 e. The maximum Gasteiger partial charge on any atom is 0.280 e. The van der Waals surface area contributed by atoms with Crippen LogP contribution < -0.4 is 11.1 Å². The first-order valence-corrected chi connectivity index (χ1v) is 4.89. The summed E-state index contributed by atoms with van der Waals surface area (Å²) >= 11 is 1.69. The Balaban J connectivity index is 3.31. The Hall–Kier alpha value is 0.120. The number of halogens is 1. The van der Waals surface area contributed by atoms with Gasteiger partial charge in [0.25, 0.3) is 3.91 Å². The standard InChI is InChI=1S/C7H15IN2O2/c1-5(9)3-12-4-6(2)10-7(8)11/h5-6H,3-4,9H2,1-2H3,(H,10,11). The van der Waals surface area contributed by atoms with Gasteiger partial charge in [-0.25, -0.2) is 0 Å². The van der Waals surface area contributed by atoms with Crippen molar-refractivity contribution < 1.29 is 9.53 Å². The fraction of sp³-hybridized carbons (Fsp3) is 0.857. The van der Waals surface area contributed by atoms with Crippen LogP contribution in [0.3, 0.4) is 0 Å². The summed E-state index contributed by atoms with van der Waals surface area (Å²) in [4.78, 5) is 10.5. The smallest absolute Gasteiger partial charge is 0.280 e. The molecule has 0 rings (SSSR count). The van der Waals surface area contributed by atoms with Crippen molar-refractivity contribution in [2.24, 2.45) is 5.73 Å². The summed E-state index contributed by atoms with van der Waals surface area (Å²) in [6.45, 7) is 4.80. The highest BCUT2D eigenvalue weighted by Crippen LogP contribution is 1.90. The van der Waals surface area contributed by atoms with Crippen molar-refractivity contribution in [3.63, 3.8) is 0 Å². The second kappa shape index (κ2) is 6.62. The van der Waals surface area contributed by atoms with Gasteiger partial charge < -0.3 is 15.8 Å². The number of ether oxygens (including phenoxy) is 1. The predicted octanol–water partition coefficient (Wildman–Crippen LogP) is 0.883. The number of rotatable bonds is 5. The van der Waals surface area contributed by atoms with Crippen molar-refractivity contribution in [3.05, 3.63) is 0 Å². The largest absolute Gasteiger partial charge is 0.378 e. The van der Waals surface area contributed by atoms with Gasteiger partial charge in [0.2, 0.25) is 0 Å². The molecule has 0 aromatic rings. The summed E-state index contributed by atoms with van der Waals surface area (Å²) in [6, 6.07) is 0.0978. The second-order valence-electron chi connectivity index (χ2n) is 2.83. The van der Waals surface area contributed by atoms with Crippen LogP contribution in [0.1, 0.15) is 13.8 Å². The molecule has 1 amide bonds. The van der Waals surface area contributed by atoms with Gasteiger partial charge in [-0.1, -0.05) is 0 Å². The molecular formula is C7H15IN2O2. The molecule has 0 aliphatic heterocycles. The number of nitrogens with one attached hydrogen (secondary N) is 1. The zero-order valence-electron chi connectivity index (χ0n) is 7.34. The molecule has 0 bridgehead atoms. The lowest BCUT2D eigenvalue weighted by Gasteiger charge is -2.13. The lowest BCUT2D eigenvalue weighted by Crippen LogP contribution is -2.33. The Morgan fingerprint density at radius 2 is 2.17 bits per heavy atom. The molecule has 0 heterocycles. The van der Waals surface area contributed by atoms with E-state index in [1.54, 1.807) is 22.6 Å². The van der Waals surface area contributed by atoms with Crippen molar-refractivity contribution in [2.45, 2.75) is 25.9 Å². The highest BCUT2D eigenvalue weighted by molar-refractivity contribution is 14.1. The molecule has 0 radical (unpaired) electrons. The lowest BCUT2D eigenvalue weighted by molar-refractivity contribution is 0.110. The van der Waals surface area contributed by atoms with Gasteiger partial charge in [0.1, 0.15) is 0 Å². The van der Waals surface area contributed by atoms with Gasteiger partial charge in [-0.3, -0.25) is 4.79 Å². The third kappa shape index (κ3) is 8.22. The fourth-order valence-electron chi connectivity index (χ4n) is 0.666. The molecular weight excluding hydrogens is 271 g/mol. The number of carbonyl (C=O) groups is 1. The van der Waals surface area contributed by atoms with Crippen LogP contribution in [-0.2, 0) is 4.74 Å². The lowest BCUT2D eigenvalue weighted by atomic mass is 10.3. The molecule has 0 aliphatic rings. The summed E-state index contributed by atoms with van der Waals surface area (Å²) in [5.74, 6) is 0. The molecule has 2 atom stereocenters. The van der Waals surface area contributed by atoms with Gasteiger partial charge in [-0.15, -0.1) is 0 Å². The Bertz CT molecular complexity index is 141. The third-order valence-electron chi connectivity index (χ3n) is 1.11. The molecule has 0 aromatic carbocycles. The highest BCUT2D eigenvalue weighted by Gasteiger charge is 2.04. The van der Waals surface area contributed by atoms with Gasteiger partial charge in [0.15, 0.2) is 0 Å². The monoisotopic (exact) mass is 286 g/mol. The Labute approximate surface area is 86.4 Å².